The Labute approximate surface area is 109 Å². The Kier molecular flexibility index (Phi) is 3.76. The van der Waals surface area contributed by atoms with Crippen LogP contribution in [0.2, 0.25) is 5.15 Å². The Morgan fingerprint density at radius 1 is 1.33 bits per heavy atom. The van der Waals surface area contributed by atoms with Crippen LogP contribution >= 0.6 is 11.6 Å². The molecule has 1 atom stereocenters. The molecule has 0 saturated carbocycles. The molecule has 0 aliphatic carbocycles. The molecule has 1 aliphatic rings. The number of hydrogen-bond acceptors (Lipinski definition) is 4. The van der Waals surface area contributed by atoms with Crippen LogP contribution in [0.1, 0.15) is 29.8 Å². The van der Waals surface area contributed by atoms with Crippen LogP contribution in [0.3, 0.4) is 0 Å². The number of likely N-dealkylation sites (tertiary alicyclic amines) is 1. The maximum Gasteiger partial charge on any atom is 0.326 e. The lowest BCUT2D eigenvalue weighted by molar-refractivity contribution is -0.143. The molecule has 1 aromatic heterocycles. The average Bonchev–Trinajstić information content (AvgIpc) is 2.39. The summed E-state index contributed by atoms with van der Waals surface area (Å²) in [4.78, 5) is 32.2. The number of aliphatic carboxylic acids is 1. The monoisotopic (exact) mass is 269 g/mol. The number of carbonyl (C=O) groups is 2. The lowest BCUT2D eigenvalue weighted by Gasteiger charge is -2.32. The summed E-state index contributed by atoms with van der Waals surface area (Å²) in [5.41, 5.74) is 0.118. The summed E-state index contributed by atoms with van der Waals surface area (Å²) in [6.07, 6.45) is 4.62. The number of carboxylic acids is 1. The molecule has 18 heavy (non-hydrogen) atoms. The van der Waals surface area contributed by atoms with Gasteiger partial charge in [-0.25, -0.2) is 14.8 Å². The third kappa shape index (κ3) is 2.59. The highest BCUT2D eigenvalue weighted by Gasteiger charge is 2.33. The Morgan fingerprint density at radius 3 is 2.72 bits per heavy atom. The van der Waals surface area contributed by atoms with Crippen LogP contribution in [-0.2, 0) is 4.79 Å². The molecule has 0 unspecified atom stereocenters. The normalized spacial score (nSPS) is 19.6. The van der Waals surface area contributed by atoms with Crippen molar-refractivity contribution in [3.63, 3.8) is 0 Å². The Balaban J connectivity index is 2.20. The second kappa shape index (κ2) is 5.30. The molecular formula is C11H12ClN3O3. The molecule has 2 heterocycles. The van der Waals surface area contributed by atoms with Gasteiger partial charge in [0.15, 0.2) is 0 Å². The fourth-order valence-corrected chi connectivity index (χ4v) is 2.10. The number of piperidine rings is 1. The van der Waals surface area contributed by atoms with Gasteiger partial charge in [-0.05, 0) is 19.3 Å². The van der Waals surface area contributed by atoms with E-state index in [1.54, 1.807) is 0 Å². The van der Waals surface area contributed by atoms with Crippen molar-refractivity contribution < 1.29 is 14.7 Å². The number of halogens is 1. The Hall–Kier alpha value is -1.69. The third-order valence-electron chi connectivity index (χ3n) is 2.89. The lowest BCUT2D eigenvalue weighted by atomic mass is 10.0. The zero-order chi connectivity index (χ0) is 13.1. The van der Waals surface area contributed by atoms with Gasteiger partial charge in [0.1, 0.15) is 16.9 Å². The molecule has 6 nitrogen and oxygen atoms in total. The van der Waals surface area contributed by atoms with Gasteiger partial charge in [0, 0.05) is 6.54 Å². The molecule has 0 bridgehead atoms. The molecule has 1 amide bonds. The van der Waals surface area contributed by atoms with Gasteiger partial charge in [-0.2, -0.15) is 0 Å². The van der Waals surface area contributed by atoms with E-state index in [1.807, 2.05) is 0 Å². The number of amides is 1. The predicted octanol–water partition coefficient (Wildman–Crippen LogP) is 1.21. The molecule has 1 N–H and O–H groups in total. The fraction of sp³-hybridized carbons (Fsp3) is 0.455. The van der Waals surface area contributed by atoms with Crippen molar-refractivity contribution in [3.05, 3.63) is 23.2 Å². The smallest absolute Gasteiger partial charge is 0.326 e. The van der Waals surface area contributed by atoms with Crippen molar-refractivity contribution in [1.82, 2.24) is 14.9 Å². The van der Waals surface area contributed by atoms with Crippen molar-refractivity contribution in [1.29, 1.82) is 0 Å². The van der Waals surface area contributed by atoms with Crippen molar-refractivity contribution in [3.8, 4) is 0 Å². The minimum absolute atomic E-state index is 0.118. The van der Waals surface area contributed by atoms with Gasteiger partial charge in [-0.15, -0.1) is 0 Å². The summed E-state index contributed by atoms with van der Waals surface area (Å²) in [6.45, 7) is 0.431. The van der Waals surface area contributed by atoms with E-state index in [1.165, 1.54) is 17.3 Å². The van der Waals surface area contributed by atoms with E-state index in [-0.39, 0.29) is 10.8 Å². The zero-order valence-corrected chi connectivity index (χ0v) is 10.3. The standard InChI is InChI=1S/C11H12ClN3O3/c12-9-6-13-7(5-14-9)10(16)15-4-2-1-3-8(15)11(17)18/h5-6,8H,1-4H2,(H,17,18)/t8-/m1/s1. The second-order valence-corrected chi connectivity index (χ2v) is 4.46. The molecule has 7 heteroatoms. The third-order valence-corrected chi connectivity index (χ3v) is 3.08. The summed E-state index contributed by atoms with van der Waals surface area (Å²) in [5.74, 6) is -1.39. The van der Waals surface area contributed by atoms with Gasteiger partial charge in [0.25, 0.3) is 5.91 Å². The number of hydrogen-bond donors (Lipinski definition) is 1. The number of rotatable bonds is 2. The quantitative estimate of drug-likeness (QED) is 0.872. The van der Waals surface area contributed by atoms with Gasteiger partial charge in [-0.3, -0.25) is 4.79 Å². The Bertz CT molecular complexity index is 463. The summed E-state index contributed by atoms with van der Waals surface area (Å²) in [5, 5.41) is 9.29. The number of nitrogens with zero attached hydrogens (tertiary/aromatic N) is 3. The van der Waals surface area contributed by atoms with Crippen LogP contribution < -0.4 is 0 Å². The van der Waals surface area contributed by atoms with Crippen LogP contribution in [0.15, 0.2) is 12.4 Å². The van der Waals surface area contributed by atoms with E-state index in [0.717, 1.165) is 12.8 Å². The minimum atomic E-state index is -0.982. The number of carbonyl (C=O) groups excluding carboxylic acids is 1. The van der Waals surface area contributed by atoms with E-state index in [2.05, 4.69) is 9.97 Å². The van der Waals surface area contributed by atoms with Crippen molar-refractivity contribution in [2.24, 2.45) is 0 Å². The first-order valence-electron chi connectivity index (χ1n) is 5.61. The predicted molar refractivity (Wildman–Crippen MR) is 63.4 cm³/mol. The SMILES string of the molecule is O=C(O)[C@H]1CCCCN1C(=O)c1cnc(Cl)cn1. The summed E-state index contributed by atoms with van der Waals surface area (Å²) in [6, 6.07) is -0.774. The maximum atomic E-state index is 12.1. The van der Waals surface area contributed by atoms with Crippen LogP contribution in [-0.4, -0.2) is 44.4 Å². The maximum absolute atomic E-state index is 12.1. The van der Waals surface area contributed by atoms with E-state index in [0.29, 0.717) is 13.0 Å². The first-order valence-corrected chi connectivity index (χ1v) is 5.98. The first kappa shape index (κ1) is 12.8. The molecule has 1 fully saturated rings. The fourth-order valence-electron chi connectivity index (χ4n) is 2.00. The molecule has 0 aromatic carbocycles. The largest absolute Gasteiger partial charge is 0.480 e. The van der Waals surface area contributed by atoms with Gasteiger partial charge in [0.05, 0.1) is 12.4 Å². The first-order chi connectivity index (χ1) is 8.59. The van der Waals surface area contributed by atoms with E-state index < -0.39 is 17.9 Å². The van der Waals surface area contributed by atoms with Crippen molar-refractivity contribution >= 4 is 23.5 Å². The van der Waals surface area contributed by atoms with Crippen LogP contribution in [0, 0.1) is 0 Å². The molecule has 0 radical (unpaired) electrons. The van der Waals surface area contributed by atoms with Crippen LogP contribution in [0.4, 0.5) is 0 Å². The van der Waals surface area contributed by atoms with Crippen molar-refractivity contribution in [2.75, 3.05) is 6.54 Å². The molecule has 0 spiro atoms. The molecule has 1 aromatic rings. The van der Waals surface area contributed by atoms with Gasteiger partial charge < -0.3 is 10.0 Å². The van der Waals surface area contributed by atoms with Crippen LogP contribution in [0.25, 0.3) is 0 Å². The van der Waals surface area contributed by atoms with Crippen molar-refractivity contribution in [2.45, 2.75) is 25.3 Å². The van der Waals surface area contributed by atoms with E-state index >= 15 is 0 Å². The topological polar surface area (TPSA) is 83.4 Å². The van der Waals surface area contributed by atoms with Crippen LogP contribution in [0.5, 0.6) is 0 Å². The summed E-state index contributed by atoms with van der Waals surface area (Å²) in [7, 11) is 0. The minimum Gasteiger partial charge on any atom is -0.480 e. The number of aromatic nitrogens is 2. The van der Waals surface area contributed by atoms with E-state index in [9.17, 15) is 9.59 Å². The van der Waals surface area contributed by atoms with E-state index in [4.69, 9.17) is 16.7 Å². The highest BCUT2D eigenvalue weighted by atomic mass is 35.5. The lowest BCUT2D eigenvalue weighted by Crippen LogP contribution is -2.48. The second-order valence-electron chi connectivity index (χ2n) is 4.07. The highest BCUT2D eigenvalue weighted by molar-refractivity contribution is 6.29. The Morgan fingerprint density at radius 2 is 2.11 bits per heavy atom. The molecule has 96 valence electrons. The summed E-state index contributed by atoms with van der Waals surface area (Å²) >= 11 is 5.59. The highest BCUT2D eigenvalue weighted by Crippen LogP contribution is 2.19. The molecular weight excluding hydrogens is 258 g/mol. The average molecular weight is 270 g/mol. The number of carboxylic acid groups (broad SMARTS) is 1. The molecule has 2 rings (SSSR count). The molecule has 1 aliphatic heterocycles. The zero-order valence-electron chi connectivity index (χ0n) is 9.54. The van der Waals surface area contributed by atoms with Gasteiger partial charge in [-0.1, -0.05) is 11.6 Å². The van der Waals surface area contributed by atoms with Gasteiger partial charge in [0.2, 0.25) is 0 Å². The summed E-state index contributed by atoms with van der Waals surface area (Å²) < 4.78 is 0. The van der Waals surface area contributed by atoms with Gasteiger partial charge >= 0.3 is 5.97 Å². The molecule has 1 saturated heterocycles.